The Morgan fingerprint density at radius 1 is 1.05 bits per heavy atom. The number of hydrogen-bond donors (Lipinski definition) is 1. The molecule has 1 aliphatic rings. The van der Waals surface area contributed by atoms with E-state index in [4.69, 9.17) is 4.74 Å². The van der Waals surface area contributed by atoms with Crippen LogP contribution in [0, 0.1) is 0 Å². The van der Waals surface area contributed by atoms with Crippen molar-refractivity contribution in [3.05, 3.63) is 47.4 Å². The van der Waals surface area contributed by atoms with Gasteiger partial charge in [-0.1, -0.05) is 0 Å². The van der Waals surface area contributed by atoms with Crippen LogP contribution in [-0.4, -0.2) is 18.4 Å². The van der Waals surface area contributed by atoms with Crippen LogP contribution in [0.5, 0.6) is 0 Å². The van der Waals surface area contributed by atoms with E-state index in [0.29, 0.717) is 0 Å². The Balaban J connectivity index is 2.62. The molecule has 0 radical (unpaired) electrons. The SMILES string of the molecule is C[CH2][Ge]([CH2]C)([CH2]C)[C]1(c2ccccc2)OC(O)=C1C. The molecule has 2 rings (SSSR count). The first-order valence-electron chi connectivity index (χ1n) is 7.22. The quantitative estimate of drug-likeness (QED) is 0.793. The minimum atomic E-state index is -2.27. The summed E-state index contributed by atoms with van der Waals surface area (Å²) >= 11 is -2.27. The Morgan fingerprint density at radius 2 is 1.58 bits per heavy atom. The van der Waals surface area contributed by atoms with E-state index in [1.54, 1.807) is 0 Å². The van der Waals surface area contributed by atoms with Crippen LogP contribution in [-0.2, 0) is 9.17 Å². The second-order valence-electron chi connectivity index (χ2n) is 5.42. The topological polar surface area (TPSA) is 29.5 Å². The predicted octanol–water partition coefficient (Wildman–Crippen LogP) is 4.75. The fourth-order valence-corrected chi connectivity index (χ4v) is 14.1. The Bertz CT molecular complexity index is 469. The van der Waals surface area contributed by atoms with Gasteiger partial charge in [-0.2, -0.15) is 0 Å². The third-order valence-electron chi connectivity index (χ3n) is 5.06. The molecule has 0 saturated carbocycles. The summed E-state index contributed by atoms with van der Waals surface area (Å²) < 4.78 is 5.71. The van der Waals surface area contributed by atoms with Crippen molar-refractivity contribution in [2.45, 2.75) is 47.9 Å². The second-order valence-corrected chi connectivity index (χ2v) is 16.7. The van der Waals surface area contributed by atoms with Gasteiger partial charge in [-0.25, -0.2) is 0 Å². The third kappa shape index (κ3) is 1.84. The van der Waals surface area contributed by atoms with E-state index in [1.807, 2.05) is 13.0 Å². The zero-order valence-corrected chi connectivity index (χ0v) is 14.5. The van der Waals surface area contributed by atoms with Gasteiger partial charge in [0.1, 0.15) is 0 Å². The van der Waals surface area contributed by atoms with Gasteiger partial charge in [0.2, 0.25) is 0 Å². The molecular weight excluding hydrogens is 297 g/mol. The summed E-state index contributed by atoms with van der Waals surface area (Å²) in [4.78, 5) is 0. The van der Waals surface area contributed by atoms with E-state index in [9.17, 15) is 5.11 Å². The van der Waals surface area contributed by atoms with Crippen molar-refractivity contribution in [2.24, 2.45) is 0 Å². The number of benzene rings is 1. The van der Waals surface area contributed by atoms with Crippen molar-refractivity contribution in [1.29, 1.82) is 0 Å². The van der Waals surface area contributed by atoms with Crippen LogP contribution in [0.25, 0.3) is 0 Å². The minimum absolute atomic E-state index is 0.147. The van der Waals surface area contributed by atoms with E-state index >= 15 is 0 Å². The van der Waals surface area contributed by atoms with Crippen LogP contribution in [0.15, 0.2) is 41.9 Å². The molecule has 0 aliphatic carbocycles. The summed E-state index contributed by atoms with van der Waals surface area (Å²) in [7, 11) is 0. The Morgan fingerprint density at radius 3 is 1.95 bits per heavy atom. The first-order chi connectivity index (χ1) is 9.08. The van der Waals surface area contributed by atoms with E-state index in [0.717, 1.165) is 5.57 Å². The van der Waals surface area contributed by atoms with Crippen LogP contribution in [0.2, 0.25) is 15.8 Å². The molecule has 1 aromatic rings. The molecule has 0 bridgehead atoms. The molecule has 0 amide bonds. The van der Waals surface area contributed by atoms with Crippen LogP contribution in [0.4, 0.5) is 0 Å². The van der Waals surface area contributed by atoms with Crippen LogP contribution in [0.1, 0.15) is 33.3 Å². The molecule has 1 atom stereocenters. The summed E-state index contributed by atoms with van der Waals surface area (Å²) in [5, 5.41) is 13.5. The molecule has 1 N–H and O–H groups in total. The van der Waals surface area contributed by atoms with Crippen molar-refractivity contribution >= 4 is 13.3 Å². The van der Waals surface area contributed by atoms with Crippen molar-refractivity contribution < 1.29 is 9.84 Å². The Hall–Kier alpha value is -0.897. The average Bonchev–Trinajstić information content (AvgIpc) is 2.48. The van der Waals surface area contributed by atoms with Crippen LogP contribution < -0.4 is 0 Å². The normalized spacial score (nSPS) is 22.9. The van der Waals surface area contributed by atoms with Gasteiger partial charge in [0.15, 0.2) is 0 Å². The molecule has 104 valence electrons. The zero-order chi connectivity index (χ0) is 14.1. The molecule has 0 fully saturated rings. The molecule has 1 unspecified atom stereocenters. The van der Waals surface area contributed by atoms with Gasteiger partial charge in [0, 0.05) is 0 Å². The van der Waals surface area contributed by atoms with Crippen LogP contribution >= 0.6 is 0 Å². The fraction of sp³-hybridized carbons (Fsp3) is 0.500. The molecule has 3 heteroatoms. The van der Waals surface area contributed by atoms with E-state index in [-0.39, 0.29) is 10.4 Å². The number of aliphatic hydroxyl groups is 1. The van der Waals surface area contributed by atoms with Gasteiger partial charge >= 0.3 is 118 Å². The molecule has 19 heavy (non-hydrogen) atoms. The van der Waals surface area contributed by atoms with Crippen molar-refractivity contribution in [1.82, 2.24) is 0 Å². The van der Waals surface area contributed by atoms with Gasteiger partial charge in [0.05, 0.1) is 0 Å². The van der Waals surface area contributed by atoms with Gasteiger partial charge in [-0.3, -0.25) is 0 Å². The van der Waals surface area contributed by atoms with Crippen molar-refractivity contribution in [3.63, 3.8) is 0 Å². The molecule has 2 nitrogen and oxygen atoms in total. The standard InChI is InChI=1S/C16H24GeO2/c1-5-17(6-2,7-3)16(13(4)15(18)19-16)14-11-9-8-10-12-14/h8-12,18H,5-7H2,1-4H3. The van der Waals surface area contributed by atoms with Crippen LogP contribution in [0.3, 0.4) is 0 Å². The fourth-order valence-electron chi connectivity index (χ4n) is 3.66. The van der Waals surface area contributed by atoms with Crippen molar-refractivity contribution in [3.8, 4) is 0 Å². The molecule has 0 saturated heterocycles. The number of ether oxygens (including phenoxy) is 1. The Labute approximate surface area is 118 Å². The maximum atomic E-state index is 9.85. The summed E-state index contributed by atoms with van der Waals surface area (Å²) in [5.41, 5.74) is 2.28. The van der Waals surface area contributed by atoms with E-state index < -0.39 is 13.3 Å². The molecule has 1 aromatic carbocycles. The molecule has 1 aliphatic heterocycles. The van der Waals surface area contributed by atoms with Crippen molar-refractivity contribution in [2.75, 3.05) is 0 Å². The molecule has 0 spiro atoms. The third-order valence-corrected chi connectivity index (χ3v) is 18.3. The zero-order valence-electron chi connectivity index (χ0n) is 12.4. The monoisotopic (exact) mass is 322 g/mol. The molecule has 0 aromatic heterocycles. The maximum absolute atomic E-state index is 9.85. The van der Waals surface area contributed by atoms with Gasteiger partial charge in [-0.05, 0) is 0 Å². The molecular formula is C16H24GeO2. The first-order valence-corrected chi connectivity index (χ1v) is 12.7. The summed E-state index contributed by atoms with van der Waals surface area (Å²) in [6.45, 7) is 8.92. The van der Waals surface area contributed by atoms with Gasteiger partial charge in [0.25, 0.3) is 0 Å². The summed E-state index contributed by atoms with van der Waals surface area (Å²) in [6, 6.07) is 10.5. The summed E-state index contributed by atoms with van der Waals surface area (Å²) in [6.07, 6.45) is 0. The second kappa shape index (κ2) is 5.24. The molecule has 1 heterocycles. The average molecular weight is 321 g/mol. The van der Waals surface area contributed by atoms with E-state index in [1.165, 1.54) is 21.3 Å². The first kappa shape index (κ1) is 14.5. The number of aliphatic hydroxyl groups excluding tert-OH is 1. The summed E-state index contributed by atoms with van der Waals surface area (Å²) in [5.74, 6) is 0.147. The van der Waals surface area contributed by atoms with Gasteiger partial charge in [-0.15, -0.1) is 0 Å². The van der Waals surface area contributed by atoms with E-state index in [2.05, 4.69) is 45.0 Å². The number of hydrogen-bond acceptors (Lipinski definition) is 2. The Kier molecular flexibility index (Phi) is 4.00. The number of rotatable bonds is 5. The van der Waals surface area contributed by atoms with Gasteiger partial charge < -0.3 is 0 Å². The predicted molar refractivity (Wildman–Crippen MR) is 81.7 cm³/mol.